The molecule has 0 aliphatic carbocycles. The third-order valence-electron chi connectivity index (χ3n) is 5.70. The first-order valence-corrected chi connectivity index (χ1v) is 11.9. The molecular formula is C22H27N5O2S2. The van der Waals surface area contributed by atoms with Gasteiger partial charge in [-0.15, -0.1) is 0 Å². The maximum Gasteiger partial charge on any atom is 0.267 e. The molecule has 0 saturated carbocycles. The molecule has 4 heterocycles. The smallest absolute Gasteiger partial charge is 0.267 e. The summed E-state index contributed by atoms with van der Waals surface area (Å²) in [7, 11) is 0. The Balaban J connectivity index is 1.83. The van der Waals surface area contributed by atoms with Gasteiger partial charge >= 0.3 is 0 Å². The molecule has 164 valence electrons. The number of pyridine rings is 1. The minimum Gasteiger partial charge on any atom is -0.353 e. The van der Waals surface area contributed by atoms with Crippen LogP contribution in [0.2, 0.25) is 0 Å². The standard InChI is InChI=1S/C22H27N5O2S2/c1-4-8-26-21(29)17(31-22(26)30)13-16-19(25-11-9-24(5-2)10-12-25)23-18-7-6-15(3)14-27(18)20(16)28/h6-7,13-14H,4-5,8-12H2,1-3H3. The van der Waals surface area contributed by atoms with Crippen LogP contribution in [-0.2, 0) is 4.79 Å². The topological polar surface area (TPSA) is 61.2 Å². The summed E-state index contributed by atoms with van der Waals surface area (Å²) in [5.74, 6) is 0.512. The summed E-state index contributed by atoms with van der Waals surface area (Å²) in [6, 6.07) is 3.82. The molecule has 2 aliphatic heterocycles. The van der Waals surface area contributed by atoms with Crippen LogP contribution in [0, 0.1) is 6.92 Å². The Morgan fingerprint density at radius 2 is 1.90 bits per heavy atom. The first-order valence-electron chi connectivity index (χ1n) is 10.7. The number of aryl methyl sites for hydroxylation is 1. The van der Waals surface area contributed by atoms with Crippen molar-refractivity contribution < 1.29 is 4.79 Å². The lowest BCUT2D eigenvalue weighted by Gasteiger charge is -2.35. The normalized spacial score (nSPS) is 19.3. The average Bonchev–Trinajstić information content (AvgIpc) is 3.03. The predicted molar refractivity (Wildman–Crippen MR) is 131 cm³/mol. The van der Waals surface area contributed by atoms with Gasteiger partial charge in [-0.25, -0.2) is 4.98 Å². The molecule has 2 fully saturated rings. The molecular weight excluding hydrogens is 430 g/mol. The molecule has 0 bridgehead atoms. The molecule has 2 saturated heterocycles. The van der Waals surface area contributed by atoms with E-state index in [0.29, 0.717) is 32.8 Å². The van der Waals surface area contributed by atoms with E-state index in [9.17, 15) is 9.59 Å². The van der Waals surface area contributed by atoms with Crippen LogP contribution in [0.1, 0.15) is 31.4 Å². The number of rotatable bonds is 5. The first kappa shape index (κ1) is 22.0. The minimum atomic E-state index is -0.164. The van der Waals surface area contributed by atoms with Gasteiger partial charge in [0.2, 0.25) is 0 Å². The molecule has 1 amide bonds. The van der Waals surface area contributed by atoms with Crippen LogP contribution in [0.3, 0.4) is 0 Å². The molecule has 0 spiro atoms. The van der Waals surface area contributed by atoms with Crippen molar-refractivity contribution in [3.8, 4) is 0 Å². The van der Waals surface area contributed by atoms with Crippen LogP contribution in [0.25, 0.3) is 11.7 Å². The highest BCUT2D eigenvalue weighted by molar-refractivity contribution is 8.26. The van der Waals surface area contributed by atoms with Gasteiger partial charge in [-0.1, -0.05) is 43.9 Å². The quantitative estimate of drug-likeness (QED) is 0.505. The van der Waals surface area contributed by atoms with Crippen LogP contribution in [0.15, 0.2) is 28.0 Å². The van der Waals surface area contributed by atoms with E-state index in [4.69, 9.17) is 17.2 Å². The van der Waals surface area contributed by atoms with Crippen molar-refractivity contribution in [3.05, 3.63) is 44.7 Å². The Hall–Kier alpha value is -2.23. The van der Waals surface area contributed by atoms with Gasteiger partial charge < -0.3 is 9.80 Å². The molecule has 0 radical (unpaired) electrons. The van der Waals surface area contributed by atoms with Crippen molar-refractivity contribution in [2.45, 2.75) is 27.2 Å². The summed E-state index contributed by atoms with van der Waals surface area (Å²) in [5.41, 5.74) is 1.87. The number of carbonyl (C=O) groups is 1. The van der Waals surface area contributed by atoms with Crippen LogP contribution in [0.5, 0.6) is 0 Å². The van der Waals surface area contributed by atoms with E-state index in [1.54, 1.807) is 21.6 Å². The Bertz CT molecular complexity index is 1120. The largest absolute Gasteiger partial charge is 0.353 e. The molecule has 2 aliphatic rings. The fourth-order valence-corrected chi connectivity index (χ4v) is 5.23. The molecule has 2 aromatic rings. The lowest BCUT2D eigenvalue weighted by molar-refractivity contribution is -0.122. The van der Waals surface area contributed by atoms with Gasteiger partial charge in [0, 0.05) is 38.9 Å². The fourth-order valence-electron chi connectivity index (χ4n) is 3.94. The number of likely N-dealkylation sites (N-methyl/N-ethyl adjacent to an activating group) is 1. The van der Waals surface area contributed by atoms with Crippen LogP contribution >= 0.6 is 24.0 Å². The highest BCUT2D eigenvalue weighted by Crippen LogP contribution is 2.33. The third kappa shape index (κ3) is 4.26. The number of hydrogen-bond acceptors (Lipinski definition) is 7. The molecule has 31 heavy (non-hydrogen) atoms. The highest BCUT2D eigenvalue weighted by Gasteiger charge is 2.32. The Morgan fingerprint density at radius 1 is 1.16 bits per heavy atom. The number of aromatic nitrogens is 2. The van der Waals surface area contributed by atoms with E-state index in [-0.39, 0.29) is 11.5 Å². The van der Waals surface area contributed by atoms with Crippen LogP contribution in [0.4, 0.5) is 5.82 Å². The Kier molecular flexibility index (Phi) is 6.45. The number of thioether (sulfide) groups is 1. The van der Waals surface area contributed by atoms with Crippen molar-refractivity contribution in [3.63, 3.8) is 0 Å². The maximum absolute atomic E-state index is 13.5. The summed E-state index contributed by atoms with van der Waals surface area (Å²) in [4.78, 5) is 37.9. The second-order valence-corrected chi connectivity index (χ2v) is 9.52. The van der Waals surface area contributed by atoms with Gasteiger partial charge in [0.05, 0.1) is 10.5 Å². The zero-order valence-corrected chi connectivity index (χ0v) is 19.8. The number of hydrogen-bond donors (Lipinski definition) is 0. The molecule has 2 aromatic heterocycles. The van der Waals surface area contributed by atoms with Gasteiger partial charge in [0.1, 0.15) is 15.8 Å². The molecule has 0 atom stereocenters. The number of nitrogens with zero attached hydrogens (tertiary/aromatic N) is 5. The number of carbonyl (C=O) groups excluding carboxylic acids is 1. The summed E-state index contributed by atoms with van der Waals surface area (Å²) >= 11 is 6.66. The number of piperazine rings is 1. The van der Waals surface area contributed by atoms with Crippen molar-refractivity contribution in [2.75, 3.05) is 44.2 Å². The average molecular weight is 458 g/mol. The van der Waals surface area contributed by atoms with E-state index in [0.717, 1.165) is 44.7 Å². The molecule has 9 heteroatoms. The number of thiocarbonyl (C=S) groups is 1. The summed E-state index contributed by atoms with van der Waals surface area (Å²) in [6.07, 6.45) is 4.32. The Morgan fingerprint density at radius 3 is 2.58 bits per heavy atom. The fraction of sp³-hybridized carbons (Fsp3) is 0.455. The van der Waals surface area contributed by atoms with Crippen molar-refractivity contribution >= 4 is 51.7 Å². The van der Waals surface area contributed by atoms with Crippen molar-refractivity contribution in [2.24, 2.45) is 0 Å². The zero-order valence-electron chi connectivity index (χ0n) is 18.1. The molecule has 0 unspecified atom stereocenters. The summed E-state index contributed by atoms with van der Waals surface area (Å²) in [5, 5.41) is 0. The van der Waals surface area contributed by atoms with E-state index < -0.39 is 0 Å². The Labute approximate surface area is 191 Å². The monoisotopic (exact) mass is 457 g/mol. The maximum atomic E-state index is 13.5. The first-order chi connectivity index (χ1) is 14.9. The molecule has 7 nitrogen and oxygen atoms in total. The van der Waals surface area contributed by atoms with E-state index in [1.165, 1.54) is 11.8 Å². The van der Waals surface area contributed by atoms with Gasteiger partial charge in [0.25, 0.3) is 11.5 Å². The van der Waals surface area contributed by atoms with Gasteiger partial charge in [0.15, 0.2) is 0 Å². The second kappa shape index (κ2) is 9.10. The minimum absolute atomic E-state index is 0.132. The van der Waals surface area contributed by atoms with E-state index in [2.05, 4.69) is 16.7 Å². The SMILES string of the molecule is CCCN1C(=O)C(=Cc2c(N3CCN(CC)CC3)nc3ccc(C)cn3c2=O)SC1=S. The lowest BCUT2D eigenvalue weighted by Crippen LogP contribution is -2.47. The van der Waals surface area contributed by atoms with Gasteiger partial charge in [-0.2, -0.15) is 0 Å². The van der Waals surface area contributed by atoms with Crippen LogP contribution < -0.4 is 10.5 Å². The summed E-state index contributed by atoms with van der Waals surface area (Å²) in [6.45, 7) is 11.1. The van der Waals surface area contributed by atoms with Crippen LogP contribution in [-0.4, -0.2) is 68.7 Å². The number of amides is 1. The predicted octanol–water partition coefficient (Wildman–Crippen LogP) is 2.76. The van der Waals surface area contributed by atoms with Gasteiger partial charge in [-0.3, -0.25) is 18.9 Å². The van der Waals surface area contributed by atoms with E-state index >= 15 is 0 Å². The molecule has 0 aromatic carbocycles. The molecule has 0 N–H and O–H groups in total. The third-order valence-corrected chi connectivity index (χ3v) is 7.08. The van der Waals surface area contributed by atoms with Crippen molar-refractivity contribution in [1.29, 1.82) is 0 Å². The van der Waals surface area contributed by atoms with Gasteiger partial charge in [-0.05, 0) is 37.6 Å². The zero-order chi connectivity index (χ0) is 22.1. The second-order valence-electron chi connectivity index (χ2n) is 7.84. The molecule has 4 rings (SSSR count). The lowest BCUT2D eigenvalue weighted by atomic mass is 10.2. The highest BCUT2D eigenvalue weighted by atomic mass is 32.2. The van der Waals surface area contributed by atoms with E-state index in [1.807, 2.05) is 26.0 Å². The summed E-state index contributed by atoms with van der Waals surface area (Å²) < 4.78 is 2.11. The number of fused-ring (bicyclic) bond motifs is 1. The number of anilines is 1. The van der Waals surface area contributed by atoms with Crippen molar-refractivity contribution in [1.82, 2.24) is 19.2 Å².